The summed E-state index contributed by atoms with van der Waals surface area (Å²) >= 11 is 0. The Bertz CT molecular complexity index is 769. The Kier molecular flexibility index (Phi) is 11.3. The highest BCUT2D eigenvalue weighted by Gasteiger charge is 2.20. The number of guanidine groups is 1. The second-order valence-corrected chi connectivity index (χ2v) is 9.40. The van der Waals surface area contributed by atoms with Crippen LogP contribution in [0.4, 0.5) is 8.78 Å². The molecule has 0 amide bonds. The van der Waals surface area contributed by atoms with Crippen LogP contribution in [-0.4, -0.2) is 70.1 Å². The lowest BCUT2D eigenvalue weighted by atomic mass is 10.1. The number of aliphatic imine (C=N–C) groups is 1. The molecule has 0 unspecified atom stereocenters. The van der Waals surface area contributed by atoms with Crippen molar-refractivity contribution in [2.45, 2.75) is 32.2 Å². The molecule has 1 aliphatic rings. The number of rotatable bonds is 8. The Labute approximate surface area is 189 Å². The van der Waals surface area contributed by atoms with Crippen molar-refractivity contribution in [2.75, 3.05) is 44.7 Å². The van der Waals surface area contributed by atoms with Crippen LogP contribution >= 0.6 is 24.0 Å². The first-order valence-corrected chi connectivity index (χ1v) is 11.7. The highest BCUT2D eigenvalue weighted by molar-refractivity contribution is 14.0. The lowest BCUT2D eigenvalue weighted by Crippen LogP contribution is -2.49. The summed E-state index contributed by atoms with van der Waals surface area (Å²) in [5.41, 5.74) is 0.445. The van der Waals surface area contributed by atoms with E-state index in [1.165, 1.54) is 18.4 Å². The second-order valence-electron chi connectivity index (χ2n) is 7.14. The highest BCUT2D eigenvalue weighted by atomic mass is 127. The van der Waals surface area contributed by atoms with Gasteiger partial charge in [0.25, 0.3) is 0 Å². The van der Waals surface area contributed by atoms with E-state index in [9.17, 15) is 17.2 Å². The van der Waals surface area contributed by atoms with Gasteiger partial charge in [0.2, 0.25) is 0 Å². The van der Waals surface area contributed by atoms with Crippen molar-refractivity contribution in [1.29, 1.82) is 0 Å². The minimum absolute atomic E-state index is 0. The predicted octanol–water partition coefficient (Wildman–Crippen LogP) is 2.19. The Morgan fingerprint density at radius 3 is 2.55 bits per heavy atom. The number of sulfone groups is 1. The molecule has 1 aromatic rings. The fourth-order valence-electron chi connectivity index (χ4n) is 3.12. The monoisotopic (exact) mass is 544 g/mol. The number of hydrogen-bond acceptors (Lipinski definition) is 4. The number of benzene rings is 1. The molecule has 2 rings (SSSR count). The van der Waals surface area contributed by atoms with Gasteiger partial charge in [0.1, 0.15) is 21.5 Å². The maximum atomic E-state index is 13.7. The summed E-state index contributed by atoms with van der Waals surface area (Å²) in [6.45, 7) is 5.34. The zero-order valence-corrected chi connectivity index (χ0v) is 20.1. The van der Waals surface area contributed by atoms with Crippen LogP contribution in [0.5, 0.6) is 0 Å². The van der Waals surface area contributed by atoms with Crippen molar-refractivity contribution < 1.29 is 17.2 Å². The minimum Gasteiger partial charge on any atom is -0.357 e. The molecule has 1 aromatic carbocycles. The van der Waals surface area contributed by atoms with Crippen molar-refractivity contribution in [1.82, 2.24) is 15.5 Å². The average Bonchev–Trinajstić information content (AvgIpc) is 2.62. The van der Waals surface area contributed by atoms with E-state index in [1.807, 2.05) is 6.92 Å². The van der Waals surface area contributed by atoms with E-state index in [2.05, 4.69) is 20.5 Å². The van der Waals surface area contributed by atoms with Crippen LogP contribution in [0.2, 0.25) is 0 Å². The fourth-order valence-corrected chi connectivity index (χ4v) is 3.71. The van der Waals surface area contributed by atoms with E-state index in [1.54, 1.807) is 0 Å². The summed E-state index contributed by atoms with van der Waals surface area (Å²) in [5, 5.41) is 6.59. The summed E-state index contributed by atoms with van der Waals surface area (Å²) in [5.74, 6) is -0.258. The fraction of sp³-hybridized carbons (Fsp3) is 0.632. The molecule has 0 atom stereocenters. The molecule has 1 saturated heterocycles. The third-order valence-corrected chi connectivity index (χ3v) is 5.64. The molecule has 0 spiro atoms. The van der Waals surface area contributed by atoms with Gasteiger partial charge in [-0.15, -0.1) is 24.0 Å². The first-order valence-electron chi connectivity index (χ1n) is 9.65. The zero-order valence-electron chi connectivity index (χ0n) is 17.0. The van der Waals surface area contributed by atoms with E-state index in [-0.39, 0.29) is 35.8 Å². The molecule has 1 heterocycles. The van der Waals surface area contributed by atoms with Gasteiger partial charge in [-0.05, 0) is 37.8 Å². The van der Waals surface area contributed by atoms with Crippen molar-refractivity contribution in [3.8, 4) is 0 Å². The van der Waals surface area contributed by atoms with E-state index in [0.717, 1.165) is 32.0 Å². The van der Waals surface area contributed by atoms with Gasteiger partial charge in [0.05, 0.1) is 5.75 Å². The molecule has 1 aliphatic heterocycles. The van der Waals surface area contributed by atoms with Crippen molar-refractivity contribution in [3.05, 3.63) is 35.4 Å². The highest BCUT2D eigenvalue weighted by Crippen LogP contribution is 2.11. The number of halogens is 3. The average molecular weight is 544 g/mol. The van der Waals surface area contributed by atoms with E-state index in [4.69, 9.17) is 0 Å². The molecule has 29 heavy (non-hydrogen) atoms. The Morgan fingerprint density at radius 2 is 1.97 bits per heavy atom. The molecule has 0 bridgehead atoms. The summed E-state index contributed by atoms with van der Waals surface area (Å²) in [7, 11) is -2.94. The predicted molar refractivity (Wildman–Crippen MR) is 124 cm³/mol. The first kappa shape index (κ1) is 26.0. The van der Waals surface area contributed by atoms with Crippen molar-refractivity contribution in [2.24, 2.45) is 4.99 Å². The van der Waals surface area contributed by atoms with Gasteiger partial charge in [-0.2, -0.15) is 0 Å². The van der Waals surface area contributed by atoms with Crippen LogP contribution in [0.3, 0.4) is 0 Å². The van der Waals surface area contributed by atoms with Crippen molar-refractivity contribution >= 4 is 39.8 Å². The molecule has 166 valence electrons. The molecule has 2 N–H and O–H groups in total. The van der Waals surface area contributed by atoms with Gasteiger partial charge in [-0.3, -0.25) is 4.99 Å². The number of nitrogens with one attached hydrogen (secondary N) is 2. The Morgan fingerprint density at radius 1 is 1.28 bits per heavy atom. The minimum atomic E-state index is -2.94. The molecule has 0 radical (unpaired) electrons. The molecular weight excluding hydrogens is 513 g/mol. The molecule has 6 nitrogen and oxygen atoms in total. The number of piperidine rings is 1. The van der Waals surface area contributed by atoms with Crippen LogP contribution in [0, 0.1) is 11.6 Å². The standard InChI is InChI=1S/C19H30F2N4O2S.HI/c1-3-22-19(23-9-6-15-4-5-16(20)14-18(15)21)24-17-7-10-25(11-8-17)12-13-28(2,26)27;/h4-5,14,17H,3,6-13H2,1-2H3,(H2,22,23,24);1H. The lowest BCUT2D eigenvalue weighted by molar-refractivity contribution is 0.216. The third-order valence-electron chi connectivity index (χ3n) is 4.72. The maximum Gasteiger partial charge on any atom is 0.191 e. The van der Waals surface area contributed by atoms with Gasteiger partial charge in [-0.1, -0.05) is 6.07 Å². The normalized spacial score (nSPS) is 16.3. The van der Waals surface area contributed by atoms with Gasteiger partial charge < -0.3 is 15.5 Å². The Balaban J connectivity index is 0.00000420. The zero-order chi connectivity index (χ0) is 20.6. The van der Waals surface area contributed by atoms with E-state index in [0.29, 0.717) is 37.6 Å². The molecule has 0 aliphatic carbocycles. The third kappa shape index (κ3) is 10.0. The number of hydrogen-bond donors (Lipinski definition) is 2. The summed E-state index contributed by atoms with van der Waals surface area (Å²) in [6, 6.07) is 3.85. The Hall–Kier alpha value is -1.01. The molecule has 0 saturated carbocycles. The number of likely N-dealkylation sites (tertiary alicyclic amines) is 1. The molecule has 10 heteroatoms. The largest absolute Gasteiger partial charge is 0.357 e. The first-order chi connectivity index (χ1) is 13.3. The lowest BCUT2D eigenvalue weighted by Gasteiger charge is -2.32. The van der Waals surface area contributed by atoms with Crippen LogP contribution in [0.25, 0.3) is 0 Å². The second kappa shape index (κ2) is 12.6. The topological polar surface area (TPSA) is 73.8 Å². The van der Waals surface area contributed by atoms with Crippen LogP contribution < -0.4 is 10.6 Å². The van der Waals surface area contributed by atoms with Crippen LogP contribution in [0.1, 0.15) is 25.3 Å². The SMILES string of the molecule is CCNC(=NCCc1ccc(F)cc1F)NC1CCN(CCS(C)(=O)=O)CC1.I. The molecule has 0 aromatic heterocycles. The van der Waals surface area contributed by atoms with Crippen molar-refractivity contribution in [3.63, 3.8) is 0 Å². The van der Waals surface area contributed by atoms with Crippen LogP contribution in [-0.2, 0) is 16.3 Å². The van der Waals surface area contributed by atoms with Gasteiger partial charge >= 0.3 is 0 Å². The van der Waals surface area contributed by atoms with Crippen LogP contribution in [0.15, 0.2) is 23.2 Å². The molecular formula is C19H31F2IN4O2S. The van der Waals surface area contributed by atoms with E-state index >= 15 is 0 Å². The van der Waals surface area contributed by atoms with Gasteiger partial charge in [0.15, 0.2) is 5.96 Å². The summed E-state index contributed by atoms with van der Waals surface area (Å²) in [4.78, 5) is 6.66. The number of nitrogens with zero attached hydrogens (tertiary/aromatic N) is 2. The van der Waals surface area contributed by atoms with E-state index < -0.39 is 21.5 Å². The smallest absolute Gasteiger partial charge is 0.191 e. The summed E-state index contributed by atoms with van der Waals surface area (Å²) in [6.07, 6.45) is 3.46. The molecule has 1 fully saturated rings. The van der Waals surface area contributed by atoms with Gasteiger partial charge in [-0.25, -0.2) is 17.2 Å². The quantitative estimate of drug-likeness (QED) is 0.298. The maximum absolute atomic E-state index is 13.7. The summed E-state index contributed by atoms with van der Waals surface area (Å²) < 4.78 is 49.3. The van der Waals surface area contributed by atoms with Gasteiger partial charge in [0, 0.05) is 51.1 Å².